The fraction of sp³-hybridized carbons (Fsp3) is 0.429. The third-order valence-corrected chi connectivity index (χ3v) is 4.78. The summed E-state index contributed by atoms with van der Waals surface area (Å²) in [5.41, 5.74) is 2.25. The highest BCUT2D eigenvalue weighted by Gasteiger charge is 2.19. The molecule has 1 heterocycles. The molecule has 0 spiro atoms. The quantitative estimate of drug-likeness (QED) is 0.841. The Labute approximate surface area is 150 Å². The van der Waals surface area contributed by atoms with Crippen molar-refractivity contribution in [3.05, 3.63) is 65.7 Å². The lowest BCUT2D eigenvalue weighted by Crippen LogP contribution is -2.48. The predicted molar refractivity (Wildman–Crippen MR) is 101 cm³/mol. The van der Waals surface area contributed by atoms with Gasteiger partial charge in [0.05, 0.1) is 6.10 Å². The number of aryl methyl sites for hydroxylation is 1. The molecule has 0 saturated carbocycles. The lowest BCUT2D eigenvalue weighted by atomic mass is 10.1. The molecule has 0 aliphatic carbocycles. The highest BCUT2D eigenvalue weighted by molar-refractivity contribution is 5.26. The Morgan fingerprint density at radius 1 is 0.920 bits per heavy atom. The van der Waals surface area contributed by atoms with Gasteiger partial charge in [-0.15, -0.1) is 0 Å². The van der Waals surface area contributed by atoms with Crippen LogP contribution in [0.25, 0.3) is 0 Å². The van der Waals surface area contributed by atoms with Crippen LogP contribution in [0.4, 0.5) is 0 Å². The molecule has 1 atom stereocenters. The molecule has 2 aromatic rings. The van der Waals surface area contributed by atoms with E-state index in [1.807, 2.05) is 42.5 Å². The summed E-state index contributed by atoms with van der Waals surface area (Å²) in [6.07, 6.45) is -0.405. The van der Waals surface area contributed by atoms with E-state index in [-0.39, 0.29) is 0 Å². The number of benzene rings is 2. The van der Waals surface area contributed by atoms with E-state index in [9.17, 15) is 5.11 Å². The van der Waals surface area contributed by atoms with E-state index in [4.69, 9.17) is 4.74 Å². The van der Waals surface area contributed by atoms with E-state index < -0.39 is 6.10 Å². The number of piperazine rings is 1. The van der Waals surface area contributed by atoms with Gasteiger partial charge in [-0.3, -0.25) is 9.80 Å². The summed E-state index contributed by atoms with van der Waals surface area (Å²) in [7, 11) is 0. The van der Waals surface area contributed by atoms with Crippen molar-refractivity contribution in [1.82, 2.24) is 9.80 Å². The van der Waals surface area contributed by atoms with Crippen LogP contribution in [0.5, 0.6) is 5.75 Å². The van der Waals surface area contributed by atoms with Gasteiger partial charge < -0.3 is 9.84 Å². The normalized spacial score (nSPS) is 17.4. The van der Waals surface area contributed by atoms with Crippen LogP contribution in [0.3, 0.4) is 0 Å². The summed E-state index contributed by atoms with van der Waals surface area (Å²) >= 11 is 0. The Morgan fingerprint density at radius 2 is 1.56 bits per heavy atom. The maximum atomic E-state index is 10.4. The van der Waals surface area contributed by atoms with E-state index in [1.165, 1.54) is 5.56 Å². The average molecular weight is 340 g/mol. The van der Waals surface area contributed by atoms with Gasteiger partial charge in [-0.1, -0.05) is 48.0 Å². The van der Waals surface area contributed by atoms with Crippen LogP contribution in [0.15, 0.2) is 54.6 Å². The van der Waals surface area contributed by atoms with Crippen LogP contribution < -0.4 is 4.74 Å². The molecule has 4 nitrogen and oxygen atoms in total. The first kappa shape index (κ1) is 17.9. The molecule has 134 valence electrons. The van der Waals surface area contributed by atoms with Gasteiger partial charge in [0.25, 0.3) is 0 Å². The first-order valence-electron chi connectivity index (χ1n) is 9.08. The van der Waals surface area contributed by atoms with Crippen molar-refractivity contribution in [3.63, 3.8) is 0 Å². The SMILES string of the molecule is Cc1ccc(OCCN2CCN(CC(O)c3ccccc3)CC2)cc1. The molecular formula is C21H28N2O2. The number of ether oxygens (including phenoxy) is 1. The second kappa shape index (κ2) is 8.99. The van der Waals surface area contributed by atoms with Gasteiger partial charge >= 0.3 is 0 Å². The standard InChI is InChI=1S/C21H28N2O2/c1-18-7-9-20(10-8-18)25-16-15-22-11-13-23(14-12-22)17-21(24)19-5-3-2-4-6-19/h2-10,21,24H,11-17H2,1H3. The van der Waals surface area contributed by atoms with Crippen molar-refractivity contribution < 1.29 is 9.84 Å². The van der Waals surface area contributed by atoms with Crippen molar-refractivity contribution in [2.45, 2.75) is 13.0 Å². The summed E-state index contributed by atoms with van der Waals surface area (Å²) in [5, 5.41) is 10.4. The van der Waals surface area contributed by atoms with Crippen LogP contribution in [0, 0.1) is 6.92 Å². The molecule has 0 amide bonds. The molecule has 1 saturated heterocycles. The minimum atomic E-state index is -0.405. The molecule has 1 aliphatic rings. The summed E-state index contributed by atoms with van der Waals surface area (Å²) in [4.78, 5) is 4.77. The van der Waals surface area contributed by atoms with Crippen LogP contribution in [0.1, 0.15) is 17.2 Å². The number of β-amino-alcohol motifs (C(OH)–C–C–N with tert-alkyl or cyclic N) is 1. The van der Waals surface area contributed by atoms with Gasteiger partial charge in [-0.05, 0) is 24.6 Å². The second-order valence-corrected chi connectivity index (χ2v) is 6.73. The summed E-state index contributed by atoms with van der Waals surface area (Å²) in [6.45, 7) is 8.49. The third kappa shape index (κ3) is 5.56. The minimum absolute atomic E-state index is 0.405. The Morgan fingerprint density at radius 3 is 2.24 bits per heavy atom. The molecule has 0 aromatic heterocycles. The first-order valence-corrected chi connectivity index (χ1v) is 9.08. The summed E-state index contributed by atoms with van der Waals surface area (Å²) in [5.74, 6) is 0.940. The molecule has 0 radical (unpaired) electrons. The van der Waals surface area contributed by atoms with Crippen LogP contribution in [-0.2, 0) is 0 Å². The van der Waals surface area contributed by atoms with Crippen molar-refractivity contribution >= 4 is 0 Å². The van der Waals surface area contributed by atoms with Gasteiger partial charge in [-0.2, -0.15) is 0 Å². The van der Waals surface area contributed by atoms with E-state index in [1.54, 1.807) is 0 Å². The molecule has 1 unspecified atom stereocenters. The van der Waals surface area contributed by atoms with Crippen LogP contribution in [-0.4, -0.2) is 60.8 Å². The number of rotatable bonds is 7. The number of hydrogen-bond acceptors (Lipinski definition) is 4. The van der Waals surface area contributed by atoms with Crippen molar-refractivity contribution in [2.75, 3.05) is 45.9 Å². The van der Waals surface area contributed by atoms with E-state index in [0.29, 0.717) is 6.54 Å². The molecule has 1 aliphatic heterocycles. The van der Waals surface area contributed by atoms with Gasteiger partial charge in [0, 0.05) is 39.3 Å². The van der Waals surface area contributed by atoms with E-state index in [2.05, 4.69) is 28.9 Å². The maximum absolute atomic E-state index is 10.4. The molecule has 3 rings (SSSR count). The topological polar surface area (TPSA) is 35.9 Å². The van der Waals surface area contributed by atoms with Crippen molar-refractivity contribution in [1.29, 1.82) is 0 Å². The van der Waals surface area contributed by atoms with Gasteiger partial charge in [0.15, 0.2) is 0 Å². The highest BCUT2D eigenvalue weighted by Crippen LogP contribution is 2.15. The predicted octanol–water partition coefficient (Wildman–Crippen LogP) is 2.73. The molecule has 1 fully saturated rings. The summed E-state index contributed by atoms with van der Waals surface area (Å²) in [6, 6.07) is 18.1. The molecule has 0 bridgehead atoms. The van der Waals surface area contributed by atoms with Gasteiger partial charge in [0.2, 0.25) is 0 Å². The second-order valence-electron chi connectivity index (χ2n) is 6.73. The van der Waals surface area contributed by atoms with Gasteiger partial charge in [0.1, 0.15) is 12.4 Å². The molecule has 1 N–H and O–H groups in total. The zero-order chi connectivity index (χ0) is 17.5. The molecular weight excluding hydrogens is 312 g/mol. The number of aliphatic hydroxyl groups excluding tert-OH is 1. The summed E-state index contributed by atoms with van der Waals surface area (Å²) < 4.78 is 5.82. The van der Waals surface area contributed by atoms with E-state index >= 15 is 0 Å². The maximum Gasteiger partial charge on any atom is 0.119 e. The lowest BCUT2D eigenvalue weighted by Gasteiger charge is -2.35. The zero-order valence-corrected chi connectivity index (χ0v) is 15.0. The van der Waals surface area contributed by atoms with Crippen molar-refractivity contribution in [2.24, 2.45) is 0 Å². The zero-order valence-electron chi connectivity index (χ0n) is 15.0. The van der Waals surface area contributed by atoms with Crippen LogP contribution in [0.2, 0.25) is 0 Å². The highest BCUT2D eigenvalue weighted by atomic mass is 16.5. The molecule has 25 heavy (non-hydrogen) atoms. The largest absolute Gasteiger partial charge is 0.492 e. The van der Waals surface area contributed by atoms with Gasteiger partial charge in [-0.25, -0.2) is 0 Å². The van der Waals surface area contributed by atoms with Crippen molar-refractivity contribution in [3.8, 4) is 5.75 Å². The molecule has 4 heteroatoms. The minimum Gasteiger partial charge on any atom is -0.492 e. The Bertz CT molecular complexity index is 622. The Hall–Kier alpha value is -1.88. The monoisotopic (exact) mass is 340 g/mol. The third-order valence-electron chi connectivity index (χ3n) is 4.78. The first-order chi connectivity index (χ1) is 12.2. The fourth-order valence-corrected chi connectivity index (χ4v) is 3.15. The Balaban J connectivity index is 1.35. The molecule has 2 aromatic carbocycles. The fourth-order valence-electron chi connectivity index (χ4n) is 3.15. The average Bonchev–Trinajstić information content (AvgIpc) is 2.65. The Kier molecular flexibility index (Phi) is 6.45. The number of aliphatic hydroxyl groups is 1. The van der Waals surface area contributed by atoms with Crippen LogP contribution >= 0.6 is 0 Å². The smallest absolute Gasteiger partial charge is 0.119 e. The number of nitrogens with zero attached hydrogens (tertiary/aromatic N) is 2. The number of hydrogen-bond donors (Lipinski definition) is 1. The lowest BCUT2D eigenvalue weighted by molar-refractivity contribution is 0.0676. The van der Waals surface area contributed by atoms with E-state index in [0.717, 1.165) is 50.6 Å².